The smallest absolute Gasteiger partial charge is 0.240 e. The fourth-order valence-corrected chi connectivity index (χ4v) is 2.72. The van der Waals surface area contributed by atoms with Crippen molar-refractivity contribution >= 4 is 23.2 Å². The van der Waals surface area contributed by atoms with Gasteiger partial charge in [-0.05, 0) is 27.7 Å². The summed E-state index contributed by atoms with van der Waals surface area (Å²) < 4.78 is 0. The highest BCUT2D eigenvalue weighted by Crippen LogP contribution is 2.10. The largest absolute Gasteiger partial charge is 0.356 e. The van der Waals surface area contributed by atoms with Gasteiger partial charge in [-0.25, -0.2) is 4.98 Å². The van der Waals surface area contributed by atoms with Crippen LogP contribution in [-0.2, 0) is 11.2 Å². The van der Waals surface area contributed by atoms with Gasteiger partial charge in [-0.2, -0.15) is 0 Å². The molecule has 0 saturated carbocycles. The third-order valence-corrected chi connectivity index (χ3v) is 3.73. The molecule has 0 aromatic carbocycles. The summed E-state index contributed by atoms with van der Waals surface area (Å²) in [5.41, 5.74) is -0.225. The van der Waals surface area contributed by atoms with Crippen molar-refractivity contribution in [3.8, 4) is 0 Å². The molecule has 0 radical (unpaired) electrons. The van der Waals surface area contributed by atoms with E-state index in [-0.39, 0.29) is 18.0 Å². The molecule has 1 amide bonds. The van der Waals surface area contributed by atoms with E-state index in [4.69, 9.17) is 0 Å². The number of guanidine groups is 1. The summed E-state index contributed by atoms with van der Waals surface area (Å²) in [7, 11) is 3.57. The molecule has 124 valence electrons. The molecule has 2 N–H and O–H groups in total. The second kappa shape index (κ2) is 8.12. The average Bonchev–Trinajstić information content (AvgIpc) is 2.77. The number of carbonyl (C=O) groups is 1. The summed E-state index contributed by atoms with van der Waals surface area (Å²) in [5.74, 6) is 0.686. The van der Waals surface area contributed by atoms with Gasteiger partial charge in [0.15, 0.2) is 5.96 Å². The monoisotopic (exact) mass is 325 g/mol. The third kappa shape index (κ3) is 6.89. The first kappa shape index (κ1) is 18.4. The summed E-state index contributed by atoms with van der Waals surface area (Å²) in [6.45, 7) is 8.96. The lowest BCUT2D eigenvalue weighted by atomic mass is 10.1. The highest BCUT2D eigenvalue weighted by atomic mass is 32.1. The Morgan fingerprint density at radius 3 is 2.64 bits per heavy atom. The van der Waals surface area contributed by atoms with E-state index in [0.29, 0.717) is 5.96 Å². The van der Waals surface area contributed by atoms with E-state index in [9.17, 15) is 4.79 Å². The molecule has 7 heteroatoms. The molecule has 1 aromatic heterocycles. The lowest BCUT2D eigenvalue weighted by molar-refractivity contribution is -0.122. The summed E-state index contributed by atoms with van der Waals surface area (Å²) in [6, 6.07) is 0. The molecule has 0 unspecified atom stereocenters. The predicted molar refractivity (Wildman–Crippen MR) is 92.4 cm³/mol. The fourth-order valence-electron chi connectivity index (χ4n) is 1.93. The number of amides is 1. The molecule has 0 saturated heterocycles. The molecule has 0 bridgehead atoms. The number of likely N-dealkylation sites (N-methyl/N-ethyl adjacent to an activating group) is 1. The number of nitrogens with one attached hydrogen (secondary N) is 2. The topological polar surface area (TPSA) is 69.6 Å². The van der Waals surface area contributed by atoms with Crippen molar-refractivity contribution in [2.75, 3.05) is 27.2 Å². The van der Waals surface area contributed by atoms with E-state index in [1.165, 1.54) is 4.88 Å². The van der Waals surface area contributed by atoms with Crippen LogP contribution >= 0.6 is 11.3 Å². The van der Waals surface area contributed by atoms with Crippen molar-refractivity contribution in [1.82, 2.24) is 20.5 Å². The van der Waals surface area contributed by atoms with Gasteiger partial charge in [0.1, 0.15) is 0 Å². The van der Waals surface area contributed by atoms with Crippen molar-refractivity contribution in [1.29, 1.82) is 0 Å². The number of aromatic nitrogens is 1. The molecule has 0 aliphatic carbocycles. The highest BCUT2D eigenvalue weighted by molar-refractivity contribution is 7.11. The molecule has 22 heavy (non-hydrogen) atoms. The zero-order chi connectivity index (χ0) is 16.8. The standard InChI is InChI=1S/C15H27N5OS/c1-11-9-18-13(22-11)7-8-17-14(16-5)20(6)10-12(21)19-15(2,3)4/h9H,7-8,10H2,1-6H3,(H,16,17)(H,19,21). The van der Waals surface area contributed by atoms with Crippen molar-refractivity contribution in [3.05, 3.63) is 16.1 Å². The number of aryl methyl sites for hydroxylation is 1. The molecule has 0 fully saturated rings. The Hall–Kier alpha value is -1.63. The van der Waals surface area contributed by atoms with Crippen LogP contribution < -0.4 is 10.6 Å². The Morgan fingerprint density at radius 1 is 1.45 bits per heavy atom. The molecule has 1 aromatic rings. The maximum absolute atomic E-state index is 11.9. The van der Waals surface area contributed by atoms with Crippen molar-refractivity contribution in [3.63, 3.8) is 0 Å². The van der Waals surface area contributed by atoms with Gasteiger partial charge in [-0.15, -0.1) is 11.3 Å². The fraction of sp³-hybridized carbons (Fsp3) is 0.667. The van der Waals surface area contributed by atoms with Crippen LogP contribution in [0.1, 0.15) is 30.7 Å². The molecule has 0 atom stereocenters. The van der Waals surface area contributed by atoms with Gasteiger partial charge in [0, 0.05) is 43.7 Å². The van der Waals surface area contributed by atoms with Gasteiger partial charge >= 0.3 is 0 Å². The second-order valence-corrected chi connectivity index (χ2v) is 7.56. The van der Waals surface area contributed by atoms with Gasteiger partial charge in [-0.3, -0.25) is 9.79 Å². The quantitative estimate of drug-likeness (QED) is 0.634. The Kier molecular flexibility index (Phi) is 6.80. The Labute approximate surface area is 137 Å². The number of carbonyl (C=O) groups excluding carboxylic acids is 1. The zero-order valence-corrected chi connectivity index (χ0v) is 15.2. The molecule has 0 spiro atoms. The van der Waals surface area contributed by atoms with Gasteiger partial charge in [0.2, 0.25) is 5.91 Å². The van der Waals surface area contributed by atoms with Crippen LogP contribution in [-0.4, -0.2) is 54.5 Å². The molecular formula is C15H27N5OS. The van der Waals surface area contributed by atoms with Gasteiger partial charge in [0.05, 0.1) is 11.6 Å². The number of nitrogens with zero attached hydrogens (tertiary/aromatic N) is 3. The van der Waals surface area contributed by atoms with Crippen LogP contribution in [0.25, 0.3) is 0 Å². The first-order valence-corrected chi connectivity index (χ1v) is 8.17. The molecular weight excluding hydrogens is 298 g/mol. The van der Waals surface area contributed by atoms with E-state index < -0.39 is 0 Å². The summed E-state index contributed by atoms with van der Waals surface area (Å²) in [6.07, 6.45) is 2.73. The minimum Gasteiger partial charge on any atom is -0.356 e. The van der Waals surface area contributed by atoms with Crippen molar-refractivity contribution in [2.45, 2.75) is 39.7 Å². The molecule has 1 rings (SSSR count). The van der Waals surface area contributed by atoms with Crippen molar-refractivity contribution < 1.29 is 4.79 Å². The molecule has 6 nitrogen and oxygen atoms in total. The first-order chi connectivity index (χ1) is 10.2. The minimum absolute atomic E-state index is 0.0199. The average molecular weight is 325 g/mol. The summed E-state index contributed by atoms with van der Waals surface area (Å²) >= 11 is 1.70. The van der Waals surface area contributed by atoms with Crippen LogP contribution in [0.5, 0.6) is 0 Å². The Morgan fingerprint density at radius 2 is 2.14 bits per heavy atom. The van der Waals surface area contributed by atoms with Crippen molar-refractivity contribution in [2.24, 2.45) is 4.99 Å². The number of hydrogen-bond acceptors (Lipinski definition) is 4. The number of hydrogen-bond donors (Lipinski definition) is 2. The van der Waals surface area contributed by atoms with Gasteiger partial charge in [-0.1, -0.05) is 0 Å². The first-order valence-electron chi connectivity index (χ1n) is 7.35. The summed E-state index contributed by atoms with van der Waals surface area (Å²) in [5, 5.41) is 7.30. The van der Waals surface area contributed by atoms with E-state index in [1.54, 1.807) is 18.4 Å². The van der Waals surface area contributed by atoms with E-state index in [0.717, 1.165) is 18.0 Å². The van der Waals surface area contributed by atoms with Crippen LogP contribution in [0.3, 0.4) is 0 Å². The minimum atomic E-state index is -0.225. The van der Waals surface area contributed by atoms with Crippen LogP contribution in [0.4, 0.5) is 0 Å². The highest BCUT2D eigenvalue weighted by Gasteiger charge is 2.16. The van der Waals surface area contributed by atoms with E-state index in [1.807, 2.05) is 38.9 Å². The maximum Gasteiger partial charge on any atom is 0.240 e. The number of rotatable bonds is 5. The van der Waals surface area contributed by atoms with Crippen LogP contribution in [0.15, 0.2) is 11.2 Å². The summed E-state index contributed by atoms with van der Waals surface area (Å²) in [4.78, 5) is 23.5. The zero-order valence-electron chi connectivity index (χ0n) is 14.4. The SMILES string of the molecule is CN=C(NCCc1ncc(C)s1)N(C)CC(=O)NC(C)(C)C. The Balaban J connectivity index is 2.41. The maximum atomic E-state index is 11.9. The molecule has 0 aliphatic rings. The third-order valence-electron chi connectivity index (χ3n) is 2.76. The Bertz CT molecular complexity index is 518. The predicted octanol–water partition coefficient (Wildman–Crippen LogP) is 1.42. The van der Waals surface area contributed by atoms with Crippen LogP contribution in [0, 0.1) is 6.92 Å². The van der Waals surface area contributed by atoms with E-state index >= 15 is 0 Å². The van der Waals surface area contributed by atoms with E-state index in [2.05, 4.69) is 27.5 Å². The van der Waals surface area contributed by atoms with Crippen LogP contribution in [0.2, 0.25) is 0 Å². The second-order valence-electron chi connectivity index (χ2n) is 6.24. The molecule has 0 aliphatic heterocycles. The number of thiazole rings is 1. The lowest BCUT2D eigenvalue weighted by Gasteiger charge is -2.25. The van der Waals surface area contributed by atoms with Gasteiger partial charge in [0.25, 0.3) is 0 Å². The molecule has 1 heterocycles. The normalized spacial score (nSPS) is 12.2. The lowest BCUT2D eigenvalue weighted by Crippen LogP contribution is -2.49. The number of aliphatic imine (C=N–C) groups is 1. The van der Waals surface area contributed by atoms with Gasteiger partial charge < -0.3 is 15.5 Å².